The van der Waals surface area contributed by atoms with Gasteiger partial charge in [0.2, 0.25) is 0 Å². The van der Waals surface area contributed by atoms with Gasteiger partial charge in [-0.25, -0.2) is 0 Å². The lowest BCUT2D eigenvalue weighted by atomic mass is 10.3. The Morgan fingerprint density at radius 1 is 1.42 bits per heavy atom. The molecule has 0 saturated heterocycles. The Balaban J connectivity index is 3.23. The maximum Gasteiger partial charge on any atom is 0.134 e. The first-order valence-electron chi connectivity index (χ1n) is 3.55. The quantitative estimate of drug-likeness (QED) is 0.665. The number of thiol groups is 1. The second kappa shape index (κ2) is 3.25. The van der Waals surface area contributed by atoms with Gasteiger partial charge in [-0.2, -0.15) is 0 Å². The van der Waals surface area contributed by atoms with E-state index in [1.807, 2.05) is 6.07 Å². The summed E-state index contributed by atoms with van der Waals surface area (Å²) in [6.45, 7) is 0. The van der Waals surface area contributed by atoms with Gasteiger partial charge >= 0.3 is 0 Å². The van der Waals surface area contributed by atoms with E-state index in [0.717, 1.165) is 0 Å². The van der Waals surface area contributed by atoms with Crippen molar-refractivity contribution in [1.82, 2.24) is 0 Å². The van der Waals surface area contributed by atoms with Crippen LogP contribution in [0.25, 0.3) is 0 Å². The van der Waals surface area contributed by atoms with Crippen LogP contribution in [0.1, 0.15) is 0 Å². The molecule has 0 atom stereocenters. The zero-order chi connectivity index (χ0) is 9.19. The van der Waals surface area contributed by atoms with Gasteiger partial charge in [0.25, 0.3) is 0 Å². The second-order valence-electron chi connectivity index (χ2n) is 2.66. The highest BCUT2D eigenvalue weighted by Gasteiger charge is 2.10. The molecule has 0 aliphatic rings. The molecule has 0 saturated carbocycles. The molecule has 0 radical (unpaired) electrons. The van der Waals surface area contributed by atoms with Crippen molar-refractivity contribution < 1.29 is 8.95 Å². The second-order valence-corrected chi connectivity index (χ2v) is 5.12. The molecule has 2 N–H and O–H groups in total. The summed E-state index contributed by atoms with van der Waals surface area (Å²) in [5, 5.41) is 5.51. The number of methoxy groups -OCH3 is 1. The van der Waals surface area contributed by atoms with Crippen LogP contribution < -0.4 is 9.88 Å². The van der Waals surface area contributed by atoms with E-state index >= 15 is 0 Å². The van der Waals surface area contributed by atoms with Gasteiger partial charge in [0.05, 0.1) is 12.0 Å². The summed E-state index contributed by atoms with van der Waals surface area (Å²) in [6, 6.07) is 7.08. The Hall–Kier alpha value is -0.870. The summed E-state index contributed by atoms with van der Waals surface area (Å²) in [5.74, 6) is 0.589. The van der Waals surface area contributed by atoms with Gasteiger partial charge in [-0.05, 0) is 22.3 Å². The largest absolute Gasteiger partial charge is 0.496 e. The molecule has 1 aromatic rings. The van der Waals surface area contributed by atoms with Crippen molar-refractivity contribution in [2.75, 3.05) is 13.4 Å². The summed E-state index contributed by atoms with van der Waals surface area (Å²) in [7, 11) is -1.16. The lowest BCUT2D eigenvalue weighted by molar-refractivity contribution is 0.403. The summed E-state index contributed by atoms with van der Waals surface area (Å²) >= 11 is 0. The monoisotopic (exact) mass is 187 g/mol. The molecule has 12 heavy (non-hydrogen) atoms. The lowest BCUT2D eigenvalue weighted by Crippen LogP contribution is -2.21. The van der Waals surface area contributed by atoms with Crippen molar-refractivity contribution in [3.63, 3.8) is 0 Å². The number of benzene rings is 1. The number of rotatable bonds is 2. The predicted octanol–water partition coefficient (Wildman–Crippen LogP) is 0.574. The van der Waals surface area contributed by atoms with Crippen molar-refractivity contribution in [2.45, 2.75) is 4.90 Å². The number of ether oxygens (including phenoxy) is 1. The number of hydrogen-bond acceptors (Lipinski definition) is 2. The summed E-state index contributed by atoms with van der Waals surface area (Å²) in [4.78, 5) is 0.590. The molecule has 1 rings (SSSR count). The molecule has 0 amide bonds. The van der Waals surface area contributed by atoms with Crippen molar-refractivity contribution >= 4 is 10.1 Å². The number of hydrogen-bond donors (Lipinski definition) is 2. The van der Waals surface area contributed by atoms with Crippen molar-refractivity contribution in [2.24, 2.45) is 5.14 Å². The van der Waals surface area contributed by atoms with E-state index in [-0.39, 0.29) is 0 Å². The Kier molecular flexibility index (Phi) is 2.49. The molecule has 0 fully saturated rings. The third kappa shape index (κ3) is 1.84. The Morgan fingerprint density at radius 2 is 2.00 bits per heavy atom. The van der Waals surface area contributed by atoms with Gasteiger partial charge in [0.15, 0.2) is 0 Å². The lowest BCUT2D eigenvalue weighted by Gasteiger charge is -2.15. The highest BCUT2D eigenvalue weighted by Crippen LogP contribution is 2.23. The molecule has 1 aromatic carbocycles. The van der Waals surface area contributed by atoms with Crippen LogP contribution in [0, 0.1) is 0 Å². The van der Waals surface area contributed by atoms with Gasteiger partial charge in [-0.3, -0.25) is 9.35 Å². The number of nitrogens with two attached hydrogens (primary N) is 1. The van der Waals surface area contributed by atoms with E-state index in [9.17, 15) is 4.21 Å². The first-order chi connectivity index (χ1) is 5.55. The van der Waals surface area contributed by atoms with Crippen LogP contribution in [-0.2, 0) is 10.1 Å². The van der Waals surface area contributed by atoms with Crippen LogP contribution in [0.15, 0.2) is 29.2 Å². The molecule has 0 unspecified atom stereocenters. The van der Waals surface area contributed by atoms with E-state index in [4.69, 9.17) is 9.88 Å². The minimum Gasteiger partial charge on any atom is -0.496 e. The average molecular weight is 187 g/mol. The van der Waals surface area contributed by atoms with Crippen molar-refractivity contribution in [3.05, 3.63) is 24.3 Å². The minimum absolute atomic E-state index is 0.589. The highest BCUT2D eigenvalue weighted by molar-refractivity contribution is 8.00. The van der Waals surface area contributed by atoms with Gasteiger partial charge < -0.3 is 4.74 Å². The van der Waals surface area contributed by atoms with Crippen molar-refractivity contribution in [1.29, 1.82) is 0 Å². The van der Waals surface area contributed by atoms with Gasteiger partial charge in [-0.15, -0.1) is 0 Å². The fourth-order valence-electron chi connectivity index (χ4n) is 0.997. The minimum atomic E-state index is -2.70. The SMILES string of the molecule is COc1ccccc1[SH](C)(N)=O. The molecule has 0 aliphatic heterocycles. The molecule has 4 heteroatoms. The maximum atomic E-state index is 11.5. The molecule has 0 aliphatic carbocycles. The fourth-order valence-corrected chi connectivity index (χ4v) is 1.98. The van der Waals surface area contributed by atoms with Crippen LogP contribution >= 0.6 is 0 Å². The molecular weight excluding hydrogens is 174 g/mol. The fraction of sp³-hybridized carbons (Fsp3) is 0.250. The van der Waals surface area contributed by atoms with Crippen LogP contribution in [-0.4, -0.2) is 17.6 Å². The molecule has 0 spiro atoms. The molecule has 0 heterocycles. The van der Waals surface area contributed by atoms with E-state index in [2.05, 4.69) is 0 Å². The summed E-state index contributed by atoms with van der Waals surface area (Å²) in [6.07, 6.45) is 1.52. The molecular formula is C8H13NO2S. The normalized spacial score (nSPS) is 12.6. The van der Waals surface area contributed by atoms with Crippen molar-refractivity contribution in [3.8, 4) is 5.75 Å². The molecule has 3 nitrogen and oxygen atoms in total. The van der Waals surface area contributed by atoms with Gasteiger partial charge in [-0.1, -0.05) is 12.1 Å². The molecule has 0 aromatic heterocycles. The van der Waals surface area contributed by atoms with E-state index in [1.165, 1.54) is 13.4 Å². The average Bonchev–Trinajstić information content (AvgIpc) is 2.03. The van der Waals surface area contributed by atoms with Gasteiger partial charge in [0, 0.05) is 6.26 Å². The first kappa shape index (κ1) is 9.22. The summed E-state index contributed by atoms with van der Waals surface area (Å²) < 4.78 is 16.5. The van der Waals surface area contributed by atoms with Crippen LogP contribution in [0.4, 0.5) is 0 Å². The van der Waals surface area contributed by atoms with Crippen LogP contribution in [0.5, 0.6) is 5.75 Å². The Labute approximate surface area is 73.1 Å². The van der Waals surface area contributed by atoms with E-state index in [0.29, 0.717) is 10.6 Å². The summed E-state index contributed by atoms with van der Waals surface area (Å²) in [5.41, 5.74) is 0. The zero-order valence-electron chi connectivity index (χ0n) is 7.15. The molecule has 0 bridgehead atoms. The van der Waals surface area contributed by atoms with Crippen LogP contribution in [0.3, 0.4) is 0 Å². The first-order valence-corrected chi connectivity index (χ1v) is 5.77. The highest BCUT2D eigenvalue weighted by atomic mass is 32.3. The Morgan fingerprint density at radius 3 is 2.42 bits per heavy atom. The zero-order valence-corrected chi connectivity index (χ0v) is 8.04. The number of para-hydroxylation sites is 1. The maximum absolute atomic E-state index is 11.5. The topological polar surface area (TPSA) is 52.3 Å². The van der Waals surface area contributed by atoms with E-state index in [1.54, 1.807) is 18.2 Å². The van der Waals surface area contributed by atoms with E-state index < -0.39 is 10.1 Å². The third-order valence-electron chi connectivity index (χ3n) is 1.56. The third-order valence-corrected chi connectivity index (χ3v) is 2.89. The predicted molar refractivity (Wildman–Crippen MR) is 50.9 cm³/mol. The van der Waals surface area contributed by atoms with Gasteiger partial charge in [0.1, 0.15) is 5.75 Å². The smallest absolute Gasteiger partial charge is 0.134 e. The molecule has 68 valence electrons. The Bertz CT molecular complexity index is 319. The standard InChI is InChI=1S/C8H13NO2S/c1-11-7-5-3-4-6-8(7)12(2,9)10/h3-6,12H,1-2H3,(H2,9,10). The van der Waals surface area contributed by atoms with Crippen LogP contribution in [0.2, 0.25) is 0 Å².